The molecule has 98 valence electrons. The lowest BCUT2D eigenvalue weighted by molar-refractivity contribution is -0.132. The summed E-state index contributed by atoms with van der Waals surface area (Å²) < 4.78 is 10.7. The molecular formula is C14H19NO3. The highest BCUT2D eigenvalue weighted by molar-refractivity contribution is 5.70. The molecule has 18 heavy (non-hydrogen) atoms. The number of esters is 1. The second-order valence-electron chi connectivity index (χ2n) is 4.11. The molecule has 1 aromatic heterocycles. The third kappa shape index (κ3) is 3.58. The maximum Gasteiger partial charge on any atom is 0.308 e. The lowest BCUT2D eigenvalue weighted by atomic mass is 10.1. The van der Waals surface area contributed by atoms with Crippen molar-refractivity contribution >= 4 is 5.97 Å². The van der Waals surface area contributed by atoms with Crippen LogP contribution in [0.3, 0.4) is 0 Å². The van der Waals surface area contributed by atoms with Gasteiger partial charge in [0.2, 0.25) is 0 Å². The van der Waals surface area contributed by atoms with Gasteiger partial charge in [-0.3, -0.25) is 9.78 Å². The summed E-state index contributed by atoms with van der Waals surface area (Å²) in [5.74, 6) is 0.771. The summed E-state index contributed by atoms with van der Waals surface area (Å²) in [6.07, 6.45) is 2.59. The van der Waals surface area contributed by atoms with Crippen LogP contribution in [0.5, 0.6) is 5.75 Å². The van der Waals surface area contributed by atoms with Gasteiger partial charge in [0, 0.05) is 18.7 Å². The molecule has 0 aliphatic rings. The lowest BCUT2D eigenvalue weighted by Gasteiger charge is -2.15. The third-order valence-electron chi connectivity index (χ3n) is 2.49. The van der Waals surface area contributed by atoms with E-state index in [9.17, 15) is 4.79 Å². The van der Waals surface area contributed by atoms with Crippen LogP contribution in [0.25, 0.3) is 0 Å². The molecule has 0 atom stereocenters. The molecular weight excluding hydrogens is 230 g/mol. The van der Waals surface area contributed by atoms with Crippen molar-refractivity contribution < 1.29 is 14.3 Å². The molecule has 0 bridgehead atoms. The fourth-order valence-electron chi connectivity index (χ4n) is 1.61. The van der Waals surface area contributed by atoms with Crippen LogP contribution in [0.15, 0.2) is 18.5 Å². The highest BCUT2D eigenvalue weighted by Gasteiger charge is 2.15. The van der Waals surface area contributed by atoms with Crippen molar-refractivity contribution in [2.75, 3.05) is 0 Å². The Kier molecular flexibility index (Phi) is 4.89. The van der Waals surface area contributed by atoms with Crippen molar-refractivity contribution in [3.05, 3.63) is 35.4 Å². The van der Waals surface area contributed by atoms with E-state index in [0.29, 0.717) is 23.8 Å². The molecule has 0 N–H and O–H groups in total. The highest BCUT2D eigenvalue weighted by Crippen LogP contribution is 2.27. The fraction of sp³-hybridized carbons (Fsp3) is 0.429. The molecule has 1 rings (SSSR count). The molecule has 0 radical (unpaired) electrons. The molecule has 4 heteroatoms. The predicted octanol–water partition coefficient (Wildman–Crippen LogP) is 2.93. The number of carbonyl (C=O) groups is 1. The van der Waals surface area contributed by atoms with E-state index < -0.39 is 0 Å². The number of aromatic nitrogens is 1. The zero-order chi connectivity index (χ0) is 13.7. The normalized spacial score (nSPS) is 10.0. The number of carbonyl (C=O) groups excluding carboxylic acids is 1. The zero-order valence-corrected chi connectivity index (χ0v) is 11.4. The van der Waals surface area contributed by atoms with Crippen molar-refractivity contribution in [1.29, 1.82) is 0 Å². The molecule has 0 amide bonds. The summed E-state index contributed by atoms with van der Waals surface area (Å²) in [6.45, 7) is 11.0. The van der Waals surface area contributed by atoms with Crippen molar-refractivity contribution in [1.82, 2.24) is 4.98 Å². The van der Waals surface area contributed by atoms with Gasteiger partial charge in [-0.05, 0) is 25.8 Å². The predicted molar refractivity (Wildman–Crippen MR) is 69.3 cm³/mol. The van der Waals surface area contributed by atoms with Gasteiger partial charge in [-0.25, -0.2) is 0 Å². The van der Waals surface area contributed by atoms with E-state index in [-0.39, 0.29) is 5.97 Å². The van der Waals surface area contributed by atoms with Crippen LogP contribution in [-0.2, 0) is 22.6 Å². The number of aryl methyl sites for hydroxylation is 2. The smallest absolute Gasteiger partial charge is 0.308 e. The molecule has 0 aliphatic carbocycles. The summed E-state index contributed by atoms with van der Waals surface area (Å²) in [5, 5.41) is 0. The Morgan fingerprint density at radius 2 is 2.11 bits per heavy atom. The van der Waals surface area contributed by atoms with Gasteiger partial charge in [-0.15, -0.1) is 0 Å². The van der Waals surface area contributed by atoms with E-state index in [1.165, 1.54) is 6.92 Å². The largest absolute Gasteiger partial charge is 0.494 e. The van der Waals surface area contributed by atoms with E-state index >= 15 is 0 Å². The molecule has 0 unspecified atom stereocenters. The molecule has 1 heterocycles. The van der Waals surface area contributed by atoms with Crippen LogP contribution >= 0.6 is 0 Å². The van der Waals surface area contributed by atoms with Gasteiger partial charge in [-0.1, -0.05) is 13.5 Å². The van der Waals surface area contributed by atoms with Crippen LogP contribution in [0, 0.1) is 6.92 Å². The Morgan fingerprint density at radius 3 is 2.61 bits per heavy atom. The van der Waals surface area contributed by atoms with Gasteiger partial charge < -0.3 is 9.47 Å². The summed E-state index contributed by atoms with van der Waals surface area (Å²) in [5.41, 5.74) is 2.56. The number of ether oxygens (including phenoxy) is 2. The first-order chi connectivity index (χ1) is 8.45. The lowest BCUT2D eigenvalue weighted by Crippen LogP contribution is -2.09. The molecule has 0 saturated carbocycles. The van der Waals surface area contributed by atoms with E-state index in [0.717, 1.165) is 17.5 Å². The summed E-state index contributed by atoms with van der Waals surface area (Å²) in [6, 6.07) is 0. The van der Waals surface area contributed by atoms with Crippen LogP contribution in [-0.4, -0.2) is 11.0 Å². The topological polar surface area (TPSA) is 48.4 Å². The highest BCUT2D eigenvalue weighted by atomic mass is 16.5. The number of pyridine rings is 1. The number of hydrogen-bond donors (Lipinski definition) is 0. The number of hydrogen-bond acceptors (Lipinski definition) is 4. The average molecular weight is 249 g/mol. The quantitative estimate of drug-likeness (QED) is 0.594. The first kappa shape index (κ1) is 14.2. The van der Waals surface area contributed by atoms with E-state index in [1.54, 1.807) is 13.1 Å². The Morgan fingerprint density at radius 1 is 1.44 bits per heavy atom. The second-order valence-corrected chi connectivity index (χ2v) is 4.11. The first-order valence-electron chi connectivity index (χ1n) is 5.89. The third-order valence-corrected chi connectivity index (χ3v) is 2.49. The Labute approximate surface area is 108 Å². The Bertz CT molecular complexity index is 466. The summed E-state index contributed by atoms with van der Waals surface area (Å²) in [4.78, 5) is 15.4. The summed E-state index contributed by atoms with van der Waals surface area (Å²) >= 11 is 0. The van der Waals surface area contributed by atoms with Crippen LogP contribution in [0.1, 0.15) is 37.6 Å². The minimum Gasteiger partial charge on any atom is -0.494 e. The molecule has 0 aromatic carbocycles. The van der Waals surface area contributed by atoms with Gasteiger partial charge in [0.15, 0.2) is 5.75 Å². The number of nitrogens with zero attached hydrogens (tertiary/aromatic N) is 1. The minimum atomic E-state index is -0.357. The zero-order valence-electron chi connectivity index (χ0n) is 11.4. The van der Waals surface area contributed by atoms with Gasteiger partial charge in [-0.2, -0.15) is 0 Å². The number of allylic oxidation sites excluding steroid dienone is 1. The monoisotopic (exact) mass is 249 g/mol. The second kappa shape index (κ2) is 6.19. The molecule has 0 saturated heterocycles. The Hall–Kier alpha value is -1.84. The Balaban J connectivity index is 3.17. The van der Waals surface area contributed by atoms with Crippen LogP contribution in [0.4, 0.5) is 0 Å². The van der Waals surface area contributed by atoms with Crippen LogP contribution in [0.2, 0.25) is 0 Å². The van der Waals surface area contributed by atoms with Crippen molar-refractivity contribution in [2.24, 2.45) is 0 Å². The van der Waals surface area contributed by atoms with Crippen molar-refractivity contribution in [3.8, 4) is 5.75 Å². The van der Waals surface area contributed by atoms with Gasteiger partial charge in [0.25, 0.3) is 0 Å². The SMILES string of the molecule is C=C(C)OCc1c(CC)cnc(C)c1OC(C)=O. The molecule has 4 nitrogen and oxygen atoms in total. The maximum absolute atomic E-state index is 11.1. The van der Waals surface area contributed by atoms with Crippen molar-refractivity contribution in [2.45, 2.75) is 40.7 Å². The van der Waals surface area contributed by atoms with E-state index in [4.69, 9.17) is 9.47 Å². The van der Waals surface area contributed by atoms with Gasteiger partial charge in [0.05, 0.1) is 11.5 Å². The standard InChI is InChI=1S/C14H19NO3/c1-6-12-7-15-10(4)14(18-11(5)16)13(12)8-17-9(2)3/h7H,2,6,8H2,1,3-5H3. The van der Waals surface area contributed by atoms with E-state index in [1.807, 2.05) is 13.8 Å². The van der Waals surface area contributed by atoms with Gasteiger partial charge >= 0.3 is 5.97 Å². The van der Waals surface area contributed by atoms with Gasteiger partial charge in [0.1, 0.15) is 6.61 Å². The number of rotatable bonds is 5. The molecule has 0 aliphatic heterocycles. The summed E-state index contributed by atoms with van der Waals surface area (Å²) in [7, 11) is 0. The van der Waals surface area contributed by atoms with E-state index in [2.05, 4.69) is 11.6 Å². The maximum atomic E-state index is 11.1. The molecule has 1 aromatic rings. The average Bonchev–Trinajstić information content (AvgIpc) is 2.29. The van der Waals surface area contributed by atoms with Crippen molar-refractivity contribution in [3.63, 3.8) is 0 Å². The molecule has 0 fully saturated rings. The first-order valence-corrected chi connectivity index (χ1v) is 5.89. The molecule has 0 spiro atoms. The van der Waals surface area contributed by atoms with Crippen LogP contribution < -0.4 is 4.74 Å². The minimum absolute atomic E-state index is 0.338. The fourth-order valence-corrected chi connectivity index (χ4v) is 1.61.